The van der Waals surface area contributed by atoms with Crippen LogP contribution in [-0.2, 0) is 6.54 Å². The predicted octanol–water partition coefficient (Wildman–Crippen LogP) is 4.58. The second-order valence-electron chi connectivity index (χ2n) is 6.76. The van der Waals surface area contributed by atoms with Crippen molar-refractivity contribution in [1.29, 1.82) is 0 Å². The SMILES string of the molecule is COc1ccc(C(=O)NCc2cn(-c3ccccc3)c3cc(Cl)ccc3c2=O)cc1. The Morgan fingerprint density at radius 1 is 1.03 bits per heavy atom. The summed E-state index contributed by atoms with van der Waals surface area (Å²) in [6.07, 6.45) is 1.75. The Balaban J connectivity index is 1.70. The highest BCUT2D eigenvalue weighted by molar-refractivity contribution is 6.31. The molecule has 0 saturated heterocycles. The second kappa shape index (κ2) is 8.43. The number of amides is 1. The van der Waals surface area contributed by atoms with Crippen molar-refractivity contribution in [2.75, 3.05) is 7.11 Å². The van der Waals surface area contributed by atoms with E-state index in [9.17, 15) is 9.59 Å². The Morgan fingerprint density at radius 3 is 2.47 bits per heavy atom. The van der Waals surface area contributed by atoms with Crippen LogP contribution >= 0.6 is 11.6 Å². The predicted molar refractivity (Wildman–Crippen MR) is 119 cm³/mol. The summed E-state index contributed by atoms with van der Waals surface area (Å²) in [7, 11) is 1.57. The molecule has 1 amide bonds. The Bertz CT molecular complexity index is 1270. The molecule has 4 rings (SSSR count). The van der Waals surface area contributed by atoms with E-state index in [1.807, 2.05) is 34.9 Å². The molecule has 150 valence electrons. The first-order valence-electron chi connectivity index (χ1n) is 9.38. The fourth-order valence-electron chi connectivity index (χ4n) is 3.30. The minimum absolute atomic E-state index is 0.106. The van der Waals surface area contributed by atoms with Gasteiger partial charge in [-0.2, -0.15) is 0 Å². The highest BCUT2D eigenvalue weighted by atomic mass is 35.5. The maximum absolute atomic E-state index is 13.0. The fourth-order valence-corrected chi connectivity index (χ4v) is 3.47. The number of methoxy groups -OCH3 is 1. The van der Waals surface area contributed by atoms with E-state index >= 15 is 0 Å². The first-order chi connectivity index (χ1) is 14.6. The molecular weight excluding hydrogens is 400 g/mol. The highest BCUT2D eigenvalue weighted by Crippen LogP contribution is 2.21. The van der Waals surface area contributed by atoms with Gasteiger partial charge in [-0.25, -0.2) is 0 Å². The first-order valence-corrected chi connectivity index (χ1v) is 9.76. The molecule has 0 fully saturated rings. The van der Waals surface area contributed by atoms with Gasteiger partial charge in [0.1, 0.15) is 5.75 Å². The van der Waals surface area contributed by atoms with Crippen molar-refractivity contribution in [1.82, 2.24) is 9.88 Å². The lowest BCUT2D eigenvalue weighted by molar-refractivity contribution is 0.0950. The lowest BCUT2D eigenvalue weighted by Gasteiger charge is -2.14. The number of benzene rings is 3. The number of aromatic nitrogens is 1. The lowest BCUT2D eigenvalue weighted by atomic mass is 10.1. The number of rotatable bonds is 5. The number of para-hydroxylation sites is 1. The maximum atomic E-state index is 13.0. The number of ether oxygens (including phenoxy) is 1. The summed E-state index contributed by atoms with van der Waals surface area (Å²) in [4.78, 5) is 25.5. The monoisotopic (exact) mass is 418 g/mol. The van der Waals surface area contributed by atoms with Crippen LogP contribution < -0.4 is 15.5 Å². The van der Waals surface area contributed by atoms with Crippen molar-refractivity contribution >= 4 is 28.4 Å². The van der Waals surface area contributed by atoms with E-state index in [0.29, 0.717) is 32.8 Å². The number of pyridine rings is 1. The van der Waals surface area contributed by atoms with Gasteiger partial charge in [0.15, 0.2) is 5.43 Å². The van der Waals surface area contributed by atoms with Crippen LogP contribution in [0.2, 0.25) is 5.02 Å². The largest absolute Gasteiger partial charge is 0.497 e. The van der Waals surface area contributed by atoms with Crippen molar-refractivity contribution in [2.24, 2.45) is 0 Å². The number of nitrogens with one attached hydrogen (secondary N) is 1. The van der Waals surface area contributed by atoms with E-state index in [4.69, 9.17) is 16.3 Å². The van der Waals surface area contributed by atoms with E-state index < -0.39 is 0 Å². The standard InChI is InChI=1S/C24H19ClN2O3/c1-30-20-10-7-16(8-11-20)24(29)26-14-17-15-27(19-5-3-2-4-6-19)22-13-18(25)9-12-21(22)23(17)28/h2-13,15H,14H2,1H3,(H,26,29). The molecule has 0 spiro atoms. The van der Waals surface area contributed by atoms with Crippen LogP contribution in [0.1, 0.15) is 15.9 Å². The van der Waals surface area contributed by atoms with E-state index in [0.717, 1.165) is 5.69 Å². The zero-order valence-corrected chi connectivity index (χ0v) is 17.0. The molecule has 3 aromatic carbocycles. The van der Waals surface area contributed by atoms with Crippen molar-refractivity contribution in [3.8, 4) is 11.4 Å². The van der Waals surface area contributed by atoms with Crippen LogP contribution in [0.3, 0.4) is 0 Å². The number of hydrogen-bond acceptors (Lipinski definition) is 3. The third-order valence-electron chi connectivity index (χ3n) is 4.87. The third kappa shape index (κ3) is 3.93. The highest BCUT2D eigenvalue weighted by Gasteiger charge is 2.13. The van der Waals surface area contributed by atoms with Crippen LogP contribution in [0.15, 0.2) is 83.8 Å². The molecule has 1 heterocycles. The average Bonchev–Trinajstić information content (AvgIpc) is 2.79. The molecule has 0 unspecified atom stereocenters. The molecule has 0 aliphatic rings. The van der Waals surface area contributed by atoms with Crippen LogP contribution in [-0.4, -0.2) is 17.6 Å². The van der Waals surface area contributed by atoms with Gasteiger partial charge in [0.05, 0.1) is 12.6 Å². The number of carbonyl (C=O) groups is 1. The molecule has 30 heavy (non-hydrogen) atoms. The van der Waals surface area contributed by atoms with Gasteiger partial charge < -0.3 is 14.6 Å². The molecule has 0 bridgehead atoms. The van der Waals surface area contributed by atoms with E-state index in [1.54, 1.807) is 55.8 Å². The summed E-state index contributed by atoms with van der Waals surface area (Å²) in [5.41, 5.74) is 2.45. The Hall–Kier alpha value is -3.57. The molecule has 0 aliphatic heterocycles. The van der Waals surface area contributed by atoms with Gasteiger partial charge >= 0.3 is 0 Å². The summed E-state index contributed by atoms with van der Waals surface area (Å²) < 4.78 is 7.03. The normalized spacial score (nSPS) is 10.7. The van der Waals surface area contributed by atoms with E-state index in [1.165, 1.54) is 0 Å². The lowest BCUT2D eigenvalue weighted by Crippen LogP contribution is -2.27. The summed E-state index contributed by atoms with van der Waals surface area (Å²) in [5.74, 6) is 0.407. The smallest absolute Gasteiger partial charge is 0.251 e. The van der Waals surface area contributed by atoms with Gasteiger partial charge in [-0.15, -0.1) is 0 Å². The number of hydrogen-bond donors (Lipinski definition) is 1. The van der Waals surface area contributed by atoms with Gasteiger partial charge in [-0.1, -0.05) is 29.8 Å². The zero-order valence-electron chi connectivity index (χ0n) is 16.3. The summed E-state index contributed by atoms with van der Waals surface area (Å²) in [5, 5.41) is 3.92. The molecule has 0 aliphatic carbocycles. The molecule has 5 nitrogen and oxygen atoms in total. The molecule has 0 atom stereocenters. The molecule has 6 heteroatoms. The Labute approximate surface area is 178 Å². The van der Waals surface area contributed by atoms with Gasteiger partial charge in [0, 0.05) is 40.0 Å². The minimum atomic E-state index is -0.264. The summed E-state index contributed by atoms with van der Waals surface area (Å²) in [6.45, 7) is 0.106. The van der Waals surface area contributed by atoms with Gasteiger partial charge in [-0.3, -0.25) is 9.59 Å². The molecular formula is C24H19ClN2O3. The first kappa shape index (κ1) is 19.7. The van der Waals surface area contributed by atoms with Gasteiger partial charge in [0.2, 0.25) is 0 Å². The number of halogens is 1. The molecule has 0 saturated carbocycles. The van der Waals surface area contributed by atoms with Crippen LogP contribution in [0.25, 0.3) is 16.6 Å². The summed E-state index contributed by atoms with van der Waals surface area (Å²) >= 11 is 6.18. The van der Waals surface area contributed by atoms with Crippen LogP contribution in [0.4, 0.5) is 0 Å². The Kier molecular flexibility index (Phi) is 5.55. The average molecular weight is 419 g/mol. The van der Waals surface area contributed by atoms with Crippen molar-refractivity contribution in [3.63, 3.8) is 0 Å². The van der Waals surface area contributed by atoms with Crippen molar-refractivity contribution < 1.29 is 9.53 Å². The van der Waals surface area contributed by atoms with Crippen molar-refractivity contribution in [2.45, 2.75) is 6.54 Å². The molecule has 1 aromatic heterocycles. The van der Waals surface area contributed by atoms with Crippen LogP contribution in [0.5, 0.6) is 5.75 Å². The fraction of sp³-hybridized carbons (Fsp3) is 0.0833. The number of carbonyl (C=O) groups excluding carboxylic acids is 1. The van der Waals surface area contributed by atoms with E-state index in [2.05, 4.69) is 5.32 Å². The Morgan fingerprint density at radius 2 is 1.77 bits per heavy atom. The number of fused-ring (bicyclic) bond motifs is 1. The van der Waals surface area contributed by atoms with Crippen LogP contribution in [0, 0.1) is 0 Å². The van der Waals surface area contributed by atoms with Gasteiger partial charge in [0.25, 0.3) is 5.91 Å². The topological polar surface area (TPSA) is 60.3 Å². The second-order valence-corrected chi connectivity index (χ2v) is 7.20. The quantitative estimate of drug-likeness (QED) is 0.516. The molecule has 1 N–H and O–H groups in total. The summed E-state index contributed by atoms with van der Waals surface area (Å²) in [6, 6.07) is 21.7. The molecule has 0 radical (unpaired) electrons. The van der Waals surface area contributed by atoms with Gasteiger partial charge in [-0.05, 0) is 54.6 Å². The maximum Gasteiger partial charge on any atom is 0.251 e. The van der Waals surface area contributed by atoms with E-state index in [-0.39, 0.29) is 17.9 Å². The van der Waals surface area contributed by atoms with Crippen molar-refractivity contribution in [3.05, 3.63) is 105 Å². The zero-order chi connectivity index (χ0) is 21.1. The minimum Gasteiger partial charge on any atom is -0.497 e. The third-order valence-corrected chi connectivity index (χ3v) is 5.10. The molecule has 4 aromatic rings. The number of nitrogens with zero attached hydrogens (tertiary/aromatic N) is 1.